The molecule has 5 rings (SSSR count). The largest absolute Gasteiger partial charge is 0.507 e. The monoisotopic (exact) mass is 382 g/mol. The summed E-state index contributed by atoms with van der Waals surface area (Å²) < 4.78 is 18.4. The molecule has 1 aromatic rings. The lowest BCUT2D eigenvalue weighted by molar-refractivity contribution is 0.185. The van der Waals surface area contributed by atoms with Crippen LogP contribution in [0.15, 0.2) is 15.3 Å². The Kier molecular flexibility index (Phi) is 3.28. The number of fused-ring (bicyclic) bond motifs is 4. The Labute approximate surface area is 161 Å². The summed E-state index contributed by atoms with van der Waals surface area (Å²) in [4.78, 5) is 12.4. The molecule has 0 spiro atoms. The van der Waals surface area contributed by atoms with Crippen molar-refractivity contribution in [2.24, 2.45) is 0 Å². The highest BCUT2D eigenvalue weighted by atomic mass is 16.5. The molecule has 3 aliphatic heterocycles. The molecule has 0 unspecified atom stereocenters. The number of benzene rings is 2. The van der Waals surface area contributed by atoms with Crippen LogP contribution in [-0.2, 0) is 0 Å². The Hall–Kier alpha value is -2.89. The van der Waals surface area contributed by atoms with Gasteiger partial charge >= 0.3 is 0 Å². The first-order chi connectivity index (χ1) is 13.2. The molecule has 0 amide bonds. The van der Waals surface area contributed by atoms with E-state index in [1.807, 2.05) is 34.6 Å². The van der Waals surface area contributed by atoms with Gasteiger partial charge in [-0.05, 0) is 26.3 Å². The number of phenolic OH excluding ortho intramolecular Hbond substituents is 2. The molecule has 28 heavy (non-hydrogen) atoms. The number of hydrogen-bond donors (Lipinski definition) is 2. The minimum Gasteiger partial charge on any atom is -0.507 e. The third-order valence-electron chi connectivity index (χ3n) is 6.53. The maximum atomic E-state index is 12.4. The highest BCUT2D eigenvalue weighted by Gasteiger charge is 2.40. The number of aromatic hydroxyl groups is 2. The van der Waals surface area contributed by atoms with Crippen LogP contribution < -0.4 is 14.9 Å². The third kappa shape index (κ3) is 1.90. The van der Waals surface area contributed by atoms with Crippen LogP contribution in [0.2, 0.25) is 0 Å². The topological polar surface area (TPSA) is 89.1 Å². The molecule has 0 saturated carbocycles. The van der Waals surface area contributed by atoms with Crippen molar-refractivity contribution in [3.05, 3.63) is 33.0 Å². The van der Waals surface area contributed by atoms with Crippen molar-refractivity contribution in [1.82, 2.24) is 0 Å². The van der Waals surface area contributed by atoms with Crippen LogP contribution in [0.4, 0.5) is 0 Å². The fourth-order valence-corrected chi connectivity index (χ4v) is 4.60. The molecule has 1 aliphatic carbocycles. The summed E-state index contributed by atoms with van der Waals surface area (Å²) in [7, 11) is 0. The highest BCUT2D eigenvalue weighted by Crippen LogP contribution is 2.57. The van der Waals surface area contributed by atoms with E-state index >= 15 is 0 Å². The fourth-order valence-electron chi connectivity index (χ4n) is 4.60. The van der Waals surface area contributed by atoms with Crippen molar-refractivity contribution in [3.8, 4) is 34.3 Å². The molecule has 0 radical (unpaired) electrons. The number of ether oxygens (including phenoxy) is 2. The first-order valence-electron chi connectivity index (χ1n) is 9.57. The maximum absolute atomic E-state index is 12.4. The van der Waals surface area contributed by atoms with E-state index in [-0.39, 0.29) is 35.5 Å². The molecule has 2 N–H and O–H groups in total. The van der Waals surface area contributed by atoms with Gasteiger partial charge in [0.15, 0.2) is 17.1 Å². The molecule has 0 saturated heterocycles. The zero-order valence-corrected chi connectivity index (χ0v) is 16.4. The molecule has 146 valence electrons. The summed E-state index contributed by atoms with van der Waals surface area (Å²) in [6.07, 6.45) is -0.355. The molecular weight excluding hydrogens is 360 g/mol. The first kappa shape index (κ1) is 17.2. The number of phenols is 2. The van der Waals surface area contributed by atoms with Crippen LogP contribution in [-0.4, -0.2) is 22.4 Å². The normalized spacial score (nSPS) is 25.6. The van der Waals surface area contributed by atoms with Gasteiger partial charge in [0.25, 0.3) is 0 Å². The van der Waals surface area contributed by atoms with Gasteiger partial charge in [-0.3, -0.25) is 4.79 Å². The molecule has 0 fully saturated rings. The second-order valence-corrected chi connectivity index (χ2v) is 8.09. The van der Waals surface area contributed by atoms with Crippen LogP contribution in [0.5, 0.6) is 23.0 Å². The van der Waals surface area contributed by atoms with E-state index in [0.717, 1.165) is 11.1 Å². The van der Waals surface area contributed by atoms with E-state index in [1.165, 1.54) is 6.07 Å². The Bertz CT molecular complexity index is 1190. The smallest absolute Gasteiger partial charge is 0.224 e. The van der Waals surface area contributed by atoms with Crippen molar-refractivity contribution >= 4 is 11.0 Å². The Morgan fingerprint density at radius 3 is 2.18 bits per heavy atom. The Morgan fingerprint density at radius 2 is 1.50 bits per heavy atom. The van der Waals surface area contributed by atoms with Gasteiger partial charge in [0, 0.05) is 29.0 Å². The average molecular weight is 382 g/mol. The zero-order chi connectivity index (χ0) is 20.1. The quantitative estimate of drug-likeness (QED) is 0.561. The minimum absolute atomic E-state index is 0.0636. The lowest BCUT2D eigenvalue weighted by atomic mass is 9.84. The molecule has 4 atom stereocenters. The maximum Gasteiger partial charge on any atom is 0.224 e. The van der Waals surface area contributed by atoms with Crippen molar-refractivity contribution in [1.29, 1.82) is 0 Å². The van der Waals surface area contributed by atoms with E-state index in [1.54, 1.807) is 0 Å². The second kappa shape index (κ2) is 5.34. The van der Waals surface area contributed by atoms with Crippen molar-refractivity contribution in [3.63, 3.8) is 0 Å². The average Bonchev–Trinajstić information content (AvgIpc) is 2.95. The molecule has 4 aliphatic rings. The molecule has 6 nitrogen and oxygen atoms in total. The van der Waals surface area contributed by atoms with Gasteiger partial charge in [0.1, 0.15) is 34.9 Å². The third-order valence-corrected chi connectivity index (χ3v) is 6.53. The van der Waals surface area contributed by atoms with Crippen molar-refractivity contribution in [2.75, 3.05) is 0 Å². The summed E-state index contributed by atoms with van der Waals surface area (Å²) in [6.45, 7) is 9.66. The number of rotatable bonds is 0. The molecule has 3 heterocycles. The lowest BCUT2D eigenvalue weighted by Crippen LogP contribution is -2.27. The summed E-state index contributed by atoms with van der Waals surface area (Å²) >= 11 is 0. The highest BCUT2D eigenvalue weighted by molar-refractivity contribution is 6.02. The van der Waals surface area contributed by atoms with E-state index in [4.69, 9.17) is 13.9 Å². The van der Waals surface area contributed by atoms with E-state index in [2.05, 4.69) is 0 Å². The summed E-state index contributed by atoms with van der Waals surface area (Å²) in [5.41, 5.74) is 2.55. The number of hydrogen-bond acceptors (Lipinski definition) is 6. The second-order valence-electron chi connectivity index (χ2n) is 8.09. The summed E-state index contributed by atoms with van der Waals surface area (Å²) in [6, 6.07) is 1.27. The predicted octanol–water partition coefficient (Wildman–Crippen LogP) is 4.39. The van der Waals surface area contributed by atoms with E-state index in [9.17, 15) is 15.0 Å². The molecular formula is C22H22O6. The Morgan fingerprint density at radius 1 is 0.893 bits per heavy atom. The predicted molar refractivity (Wildman–Crippen MR) is 104 cm³/mol. The standard InChI is InChI=1S/C22H22O6/c1-7-10(4)27-21-14(7)9(3)18(24)17-20-16-13(28-22(17)21)6-12(23)19(25)15(16)8(2)11(5)26-20/h6-8,10-11,24-25H,1-5H3/t7-,8-,10-,11-/m1/s1. The van der Waals surface area contributed by atoms with Gasteiger partial charge in [-0.1, -0.05) is 13.8 Å². The summed E-state index contributed by atoms with van der Waals surface area (Å²) in [5, 5.41) is 22.0. The minimum atomic E-state index is -0.492. The fraction of sp³-hybridized carbons (Fsp3) is 0.409. The van der Waals surface area contributed by atoms with E-state index in [0.29, 0.717) is 39.4 Å². The van der Waals surface area contributed by atoms with Gasteiger partial charge in [-0.2, -0.15) is 0 Å². The van der Waals surface area contributed by atoms with Crippen LogP contribution in [0, 0.1) is 6.92 Å². The molecule has 0 bridgehead atoms. The first-order valence-corrected chi connectivity index (χ1v) is 9.57. The molecule has 1 aromatic carbocycles. The SMILES string of the molecule is Cc1c2c(c3oc4cc(=O)c(O)c5c-4c(c3c1O)O[C@H](C)[C@H]5C)O[C@H](C)[C@H]2C. The molecule has 6 heteroatoms. The zero-order valence-electron chi connectivity index (χ0n) is 16.4. The van der Waals surface area contributed by atoms with Gasteiger partial charge in [-0.25, -0.2) is 0 Å². The van der Waals surface area contributed by atoms with Crippen molar-refractivity contribution in [2.45, 2.75) is 58.7 Å². The van der Waals surface area contributed by atoms with Crippen LogP contribution in [0.3, 0.4) is 0 Å². The van der Waals surface area contributed by atoms with Crippen LogP contribution in [0.1, 0.15) is 56.2 Å². The van der Waals surface area contributed by atoms with Gasteiger partial charge in [0.2, 0.25) is 5.43 Å². The van der Waals surface area contributed by atoms with Gasteiger partial charge in [0.05, 0.1) is 5.56 Å². The summed E-state index contributed by atoms with van der Waals surface area (Å²) in [5.74, 6) is 1.01. The van der Waals surface area contributed by atoms with Gasteiger partial charge < -0.3 is 24.1 Å². The van der Waals surface area contributed by atoms with Gasteiger partial charge in [-0.15, -0.1) is 0 Å². The van der Waals surface area contributed by atoms with E-state index < -0.39 is 5.43 Å². The van der Waals surface area contributed by atoms with Crippen LogP contribution in [0.25, 0.3) is 22.3 Å². The lowest BCUT2D eigenvalue weighted by Gasteiger charge is -2.33. The van der Waals surface area contributed by atoms with Crippen molar-refractivity contribution < 1.29 is 24.1 Å². The Balaban J connectivity index is 2.04. The van der Waals surface area contributed by atoms with Crippen LogP contribution >= 0.6 is 0 Å². The molecule has 0 aromatic heterocycles.